The summed E-state index contributed by atoms with van der Waals surface area (Å²) in [5, 5.41) is 6.25. The third kappa shape index (κ3) is 2.39. The van der Waals surface area contributed by atoms with Gasteiger partial charge in [0, 0.05) is 12.6 Å². The zero-order valence-corrected chi connectivity index (χ0v) is 9.62. The Morgan fingerprint density at radius 3 is 2.57 bits per heavy atom. The average Bonchev–Trinajstić information content (AvgIpc) is 2.59. The molecule has 1 spiro atoms. The molecule has 1 amide bonds. The standard InChI is InChI=1S/C10H18N2O.ClH/c1-7(2)12-9(13)8-5-10(3-4-10)6-11-8;/h7-8,11H,3-6H2,1-2H3,(H,12,13);1H. The van der Waals surface area contributed by atoms with Crippen molar-refractivity contribution in [2.24, 2.45) is 5.41 Å². The van der Waals surface area contributed by atoms with Crippen LogP contribution in [0.25, 0.3) is 0 Å². The molecule has 1 heterocycles. The maximum absolute atomic E-state index is 11.6. The number of halogens is 1. The van der Waals surface area contributed by atoms with Gasteiger partial charge in [-0.2, -0.15) is 0 Å². The SMILES string of the molecule is CC(C)NC(=O)C1CC2(CC2)CN1.Cl. The number of carbonyl (C=O) groups is 1. The van der Waals surface area contributed by atoms with Crippen LogP contribution in [-0.4, -0.2) is 24.5 Å². The average molecular weight is 219 g/mol. The Balaban J connectivity index is 0.000000980. The second-order valence-electron chi connectivity index (χ2n) is 4.80. The van der Waals surface area contributed by atoms with E-state index in [0.29, 0.717) is 5.41 Å². The monoisotopic (exact) mass is 218 g/mol. The molecule has 1 saturated heterocycles. The summed E-state index contributed by atoms with van der Waals surface area (Å²) in [7, 11) is 0. The summed E-state index contributed by atoms with van der Waals surface area (Å²) < 4.78 is 0. The van der Waals surface area contributed by atoms with Crippen LogP contribution in [0.4, 0.5) is 0 Å². The van der Waals surface area contributed by atoms with Gasteiger partial charge >= 0.3 is 0 Å². The van der Waals surface area contributed by atoms with Gasteiger partial charge in [0.2, 0.25) is 5.91 Å². The fourth-order valence-electron chi connectivity index (χ4n) is 2.05. The lowest BCUT2D eigenvalue weighted by atomic mass is 10.0. The summed E-state index contributed by atoms with van der Waals surface area (Å²) >= 11 is 0. The van der Waals surface area contributed by atoms with Crippen molar-refractivity contribution < 1.29 is 4.79 Å². The number of rotatable bonds is 2. The summed E-state index contributed by atoms with van der Waals surface area (Å²) in [6.45, 7) is 5.04. The molecule has 0 aromatic heterocycles. The molecule has 0 aromatic carbocycles. The minimum atomic E-state index is 0. The van der Waals surface area contributed by atoms with E-state index in [0.717, 1.165) is 13.0 Å². The van der Waals surface area contributed by atoms with Gasteiger partial charge in [0.15, 0.2) is 0 Å². The molecule has 4 heteroatoms. The van der Waals surface area contributed by atoms with E-state index in [1.54, 1.807) is 0 Å². The van der Waals surface area contributed by atoms with E-state index in [-0.39, 0.29) is 30.4 Å². The molecule has 2 rings (SSSR count). The molecule has 1 aliphatic heterocycles. The lowest BCUT2D eigenvalue weighted by molar-refractivity contribution is -0.123. The highest BCUT2D eigenvalue weighted by Crippen LogP contribution is 2.51. The molecule has 0 radical (unpaired) electrons. The highest BCUT2D eigenvalue weighted by Gasteiger charge is 2.49. The first-order valence-corrected chi connectivity index (χ1v) is 5.15. The number of hydrogen-bond donors (Lipinski definition) is 2. The fourth-order valence-corrected chi connectivity index (χ4v) is 2.05. The van der Waals surface area contributed by atoms with Gasteiger partial charge in [0.25, 0.3) is 0 Å². The molecule has 3 nitrogen and oxygen atoms in total. The van der Waals surface area contributed by atoms with Gasteiger partial charge in [-0.05, 0) is 38.5 Å². The van der Waals surface area contributed by atoms with Crippen molar-refractivity contribution in [2.75, 3.05) is 6.54 Å². The zero-order chi connectivity index (χ0) is 9.47. The van der Waals surface area contributed by atoms with Crippen molar-refractivity contribution in [1.82, 2.24) is 10.6 Å². The van der Waals surface area contributed by atoms with E-state index in [9.17, 15) is 4.79 Å². The molecular weight excluding hydrogens is 200 g/mol. The third-order valence-corrected chi connectivity index (χ3v) is 3.07. The van der Waals surface area contributed by atoms with E-state index in [1.165, 1.54) is 12.8 Å². The molecule has 2 aliphatic rings. The third-order valence-electron chi connectivity index (χ3n) is 3.07. The first-order valence-electron chi connectivity index (χ1n) is 5.15. The van der Waals surface area contributed by atoms with Gasteiger partial charge in [0.1, 0.15) is 0 Å². The van der Waals surface area contributed by atoms with Gasteiger partial charge in [-0.1, -0.05) is 0 Å². The normalized spacial score (nSPS) is 27.5. The van der Waals surface area contributed by atoms with Crippen LogP contribution < -0.4 is 10.6 Å². The molecule has 0 aromatic rings. The van der Waals surface area contributed by atoms with Crippen LogP contribution in [0.15, 0.2) is 0 Å². The van der Waals surface area contributed by atoms with E-state index in [1.807, 2.05) is 13.8 Å². The number of hydrogen-bond acceptors (Lipinski definition) is 2. The van der Waals surface area contributed by atoms with Crippen LogP contribution >= 0.6 is 12.4 Å². The maximum Gasteiger partial charge on any atom is 0.237 e. The van der Waals surface area contributed by atoms with Gasteiger partial charge < -0.3 is 10.6 Å². The number of nitrogens with one attached hydrogen (secondary N) is 2. The second-order valence-corrected chi connectivity index (χ2v) is 4.80. The van der Waals surface area contributed by atoms with Gasteiger partial charge in [0.05, 0.1) is 6.04 Å². The van der Waals surface area contributed by atoms with Crippen LogP contribution in [-0.2, 0) is 4.79 Å². The van der Waals surface area contributed by atoms with Crippen molar-refractivity contribution in [2.45, 2.75) is 45.2 Å². The Morgan fingerprint density at radius 2 is 2.14 bits per heavy atom. The summed E-state index contributed by atoms with van der Waals surface area (Å²) in [6.07, 6.45) is 3.67. The molecule has 2 fully saturated rings. The molecule has 1 aliphatic carbocycles. The van der Waals surface area contributed by atoms with Crippen molar-refractivity contribution >= 4 is 18.3 Å². The highest BCUT2D eigenvalue weighted by atomic mass is 35.5. The second kappa shape index (κ2) is 4.07. The molecular formula is C10H19ClN2O. The van der Waals surface area contributed by atoms with Crippen molar-refractivity contribution in [3.05, 3.63) is 0 Å². The lowest BCUT2D eigenvalue weighted by Gasteiger charge is -2.13. The quantitative estimate of drug-likeness (QED) is 0.728. The van der Waals surface area contributed by atoms with E-state index < -0.39 is 0 Å². The molecule has 14 heavy (non-hydrogen) atoms. The van der Waals surface area contributed by atoms with Crippen LogP contribution in [0.1, 0.15) is 33.1 Å². The Labute approximate surface area is 91.4 Å². The molecule has 1 saturated carbocycles. The summed E-state index contributed by atoms with van der Waals surface area (Å²) in [5.41, 5.74) is 0.513. The predicted molar refractivity (Wildman–Crippen MR) is 58.6 cm³/mol. The number of carbonyl (C=O) groups excluding carboxylic acids is 1. The molecule has 1 atom stereocenters. The van der Waals surface area contributed by atoms with E-state index >= 15 is 0 Å². The number of amides is 1. The van der Waals surface area contributed by atoms with Crippen molar-refractivity contribution in [3.63, 3.8) is 0 Å². The first-order chi connectivity index (χ1) is 6.11. The summed E-state index contributed by atoms with van der Waals surface area (Å²) in [6, 6.07) is 0.329. The van der Waals surface area contributed by atoms with Crippen LogP contribution in [0.5, 0.6) is 0 Å². The van der Waals surface area contributed by atoms with Gasteiger partial charge in [-0.15, -0.1) is 12.4 Å². The first kappa shape index (κ1) is 11.8. The van der Waals surface area contributed by atoms with Crippen LogP contribution in [0.2, 0.25) is 0 Å². The minimum absolute atomic E-state index is 0. The Hall–Kier alpha value is -0.280. The smallest absolute Gasteiger partial charge is 0.237 e. The zero-order valence-electron chi connectivity index (χ0n) is 8.80. The fraction of sp³-hybridized carbons (Fsp3) is 0.900. The van der Waals surface area contributed by atoms with Crippen molar-refractivity contribution in [1.29, 1.82) is 0 Å². The minimum Gasteiger partial charge on any atom is -0.353 e. The predicted octanol–water partition coefficient (Wildman–Crippen LogP) is 1.07. The molecule has 2 N–H and O–H groups in total. The molecule has 0 bridgehead atoms. The molecule has 82 valence electrons. The van der Waals surface area contributed by atoms with E-state index in [2.05, 4.69) is 10.6 Å². The Bertz CT molecular complexity index is 226. The van der Waals surface area contributed by atoms with Crippen LogP contribution in [0, 0.1) is 5.41 Å². The van der Waals surface area contributed by atoms with Crippen LogP contribution in [0.3, 0.4) is 0 Å². The van der Waals surface area contributed by atoms with E-state index in [4.69, 9.17) is 0 Å². The summed E-state index contributed by atoms with van der Waals surface area (Å²) in [4.78, 5) is 11.6. The lowest BCUT2D eigenvalue weighted by Crippen LogP contribution is -2.43. The maximum atomic E-state index is 11.6. The molecule has 1 unspecified atom stereocenters. The highest BCUT2D eigenvalue weighted by molar-refractivity contribution is 5.85. The van der Waals surface area contributed by atoms with Gasteiger partial charge in [-0.25, -0.2) is 0 Å². The largest absolute Gasteiger partial charge is 0.353 e. The summed E-state index contributed by atoms with van der Waals surface area (Å²) in [5.74, 6) is 0.179. The van der Waals surface area contributed by atoms with Gasteiger partial charge in [-0.3, -0.25) is 4.79 Å². The van der Waals surface area contributed by atoms with Crippen molar-refractivity contribution in [3.8, 4) is 0 Å². The topological polar surface area (TPSA) is 41.1 Å². The Morgan fingerprint density at radius 1 is 1.50 bits per heavy atom. The Kier molecular flexibility index (Phi) is 3.43.